The van der Waals surface area contributed by atoms with Gasteiger partial charge in [0, 0.05) is 43.4 Å². The Morgan fingerprint density at radius 1 is 1.08 bits per heavy atom. The van der Waals surface area contributed by atoms with Crippen molar-refractivity contribution < 1.29 is 14.0 Å². The molecule has 1 amide bonds. The van der Waals surface area contributed by atoms with Crippen LogP contribution in [0, 0.1) is 11.7 Å². The Hall–Kier alpha value is -2.68. The third kappa shape index (κ3) is 3.34. The minimum Gasteiger partial charge on any atom is -0.341 e. The molecule has 0 radical (unpaired) electrons. The maximum Gasteiger partial charge on any atom is 0.249 e. The first kappa shape index (κ1) is 16.8. The second kappa shape index (κ2) is 7.28. The van der Waals surface area contributed by atoms with Crippen molar-refractivity contribution in [2.45, 2.75) is 25.3 Å². The molecule has 0 saturated carbocycles. The van der Waals surface area contributed by atoms with Gasteiger partial charge in [-0.2, -0.15) is 0 Å². The summed E-state index contributed by atoms with van der Waals surface area (Å²) in [6.45, 7) is 1.80. The van der Waals surface area contributed by atoms with Gasteiger partial charge in [-0.05, 0) is 12.8 Å². The van der Waals surface area contributed by atoms with E-state index >= 15 is 0 Å². The summed E-state index contributed by atoms with van der Waals surface area (Å²) in [5, 5.41) is 1.49. The quantitative estimate of drug-likeness (QED) is 0.822. The van der Waals surface area contributed by atoms with Crippen molar-refractivity contribution in [1.29, 1.82) is 0 Å². The fourth-order valence-corrected chi connectivity index (χ4v) is 3.45. The molecule has 1 atom stereocenters. The van der Waals surface area contributed by atoms with Crippen molar-refractivity contribution in [1.82, 2.24) is 25.0 Å². The van der Waals surface area contributed by atoms with Crippen molar-refractivity contribution in [3.05, 3.63) is 42.5 Å². The molecule has 2 aliphatic rings. The predicted molar refractivity (Wildman–Crippen MR) is 89.1 cm³/mol. The molecule has 136 valence electrons. The van der Waals surface area contributed by atoms with E-state index in [2.05, 4.69) is 19.9 Å². The Labute approximate surface area is 150 Å². The summed E-state index contributed by atoms with van der Waals surface area (Å²) in [6.07, 6.45) is 9.32. The lowest BCUT2D eigenvalue weighted by atomic mass is 9.95. The number of anilines is 1. The number of aromatic nitrogens is 4. The highest BCUT2D eigenvalue weighted by Crippen LogP contribution is 2.33. The summed E-state index contributed by atoms with van der Waals surface area (Å²) in [5.74, 6) is -0.0806. The first-order valence-electron chi connectivity index (χ1n) is 8.66. The van der Waals surface area contributed by atoms with Crippen LogP contribution in [0.1, 0.15) is 30.9 Å². The lowest BCUT2D eigenvalue weighted by molar-refractivity contribution is -0.182. The lowest BCUT2D eigenvalue weighted by Gasteiger charge is -2.33. The lowest BCUT2D eigenvalue weighted by Crippen LogP contribution is -2.42. The molecule has 0 aromatic carbocycles. The number of piperidine rings is 1. The molecular formula is C17H19FN6O2. The summed E-state index contributed by atoms with van der Waals surface area (Å²) < 4.78 is 13.0. The molecule has 0 bridgehead atoms. The molecule has 9 heteroatoms. The number of halogens is 1. The van der Waals surface area contributed by atoms with E-state index in [0.29, 0.717) is 38.5 Å². The van der Waals surface area contributed by atoms with Crippen LogP contribution in [-0.2, 0) is 9.63 Å². The number of carbonyl (C=O) groups is 1. The van der Waals surface area contributed by atoms with E-state index in [0.717, 1.165) is 24.4 Å². The highest BCUT2D eigenvalue weighted by molar-refractivity contribution is 5.78. The Morgan fingerprint density at radius 2 is 1.77 bits per heavy atom. The van der Waals surface area contributed by atoms with Gasteiger partial charge in [0.25, 0.3) is 0 Å². The van der Waals surface area contributed by atoms with Crippen LogP contribution in [-0.4, -0.2) is 50.6 Å². The zero-order valence-electron chi connectivity index (χ0n) is 14.2. The monoisotopic (exact) mass is 358 g/mol. The van der Waals surface area contributed by atoms with Crippen LogP contribution in [0.3, 0.4) is 0 Å². The number of carbonyl (C=O) groups excluding carboxylic acids is 1. The normalized spacial score (nSPS) is 21.2. The summed E-state index contributed by atoms with van der Waals surface area (Å²) in [5.41, 5.74) is 0.885. The summed E-state index contributed by atoms with van der Waals surface area (Å²) in [4.78, 5) is 36.6. The molecular weight excluding hydrogens is 339 g/mol. The van der Waals surface area contributed by atoms with Crippen LogP contribution in [0.25, 0.3) is 0 Å². The Balaban J connectivity index is 1.39. The van der Waals surface area contributed by atoms with Gasteiger partial charge in [0.2, 0.25) is 11.9 Å². The number of hydrogen-bond donors (Lipinski definition) is 0. The van der Waals surface area contributed by atoms with Crippen LogP contribution in [0.2, 0.25) is 0 Å². The molecule has 2 saturated heterocycles. The maximum absolute atomic E-state index is 13.0. The van der Waals surface area contributed by atoms with Crippen molar-refractivity contribution >= 4 is 11.9 Å². The summed E-state index contributed by atoms with van der Waals surface area (Å²) >= 11 is 0. The van der Waals surface area contributed by atoms with Gasteiger partial charge >= 0.3 is 0 Å². The Kier molecular flexibility index (Phi) is 4.70. The number of nitrogens with zero attached hydrogens (tertiary/aromatic N) is 6. The van der Waals surface area contributed by atoms with Crippen LogP contribution < -0.4 is 4.90 Å². The molecule has 4 rings (SSSR count). The summed E-state index contributed by atoms with van der Waals surface area (Å²) in [6, 6.07) is -0.137. The molecule has 26 heavy (non-hydrogen) atoms. The van der Waals surface area contributed by atoms with E-state index in [1.165, 1.54) is 11.4 Å². The van der Waals surface area contributed by atoms with E-state index < -0.39 is 5.82 Å². The standard InChI is InChI=1S/C17H19FN6O2/c18-14-9-21-17(22-10-14)23-4-1-12(2-5-23)16(25)24-15(3-6-26-24)13-7-19-11-20-8-13/h7-12,15H,1-6H2/t15-/m0/s1. The Morgan fingerprint density at radius 3 is 2.46 bits per heavy atom. The SMILES string of the molecule is O=C(C1CCN(c2ncc(F)cn2)CC1)N1OCC[C@H]1c1cncnc1. The fourth-order valence-electron chi connectivity index (χ4n) is 3.45. The van der Waals surface area contributed by atoms with Gasteiger partial charge in [-0.3, -0.25) is 9.63 Å². The first-order valence-corrected chi connectivity index (χ1v) is 8.66. The minimum absolute atomic E-state index is 0.00368. The minimum atomic E-state index is -0.457. The highest BCUT2D eigenvalue weighted by atomic mass is 19.1. The Bertz CT molecular complexity index is 752. The molecule has 0 N–H and O–H groups in total. The second-order valence-electron chi connectivity index (χ2n) is 6.44. The fraction of sp³-hybridized carbons (Fsp3) is 0.471. The van der Waals surface area contributed by atoms with Gasteiger partial charge < -0.3 is 4.90 Å². The predicted octanol–water partition coefficient (Wildman–Crippen LogP) is 1.53. The largest absolute Gasteiger partial charge is 0.341 e. The van der Waals surface area contributed by atoms with Gasteiger partial charge in [0.05, 0.1) is 25.0 Å². The van der Waals surface area contributed by atoms with Crippen molar-refractivity contribution in [2.24, 2.45) is 5.92 Å². The van der Waals surface area contributed by atoms with Crippen LogP contribution >= 0.6 is 0 Å². The highest BCUT2D eigenvalue weighted by Gasteiger charge is 2.37. The van der Waals surface area contributed by atoms with E-state index in [1.54, 1.807) is 12.4 Å². The average Bonchev–Trinajstić information content (AvgIpc) is 3.19. The van der Waals surface area contributed by atoms with Gasteiger partial charge in [0.15, 0.2) is 5.82 Å². The van der Waals surface area contributed by atoms with Crippen molar-refractivity contribution in [3.8, 4) is 0 Å². The average molecular weight is 358 g/mol. The van der Waals surface area contributed by atoms with E-state index in [4.69, 9.17) is 4.84 Å². The summed E-state index contributed by atoms with van der Waals surface area (Å²) in [7, 11) is 0. The van der Waals surface area contributed by atoms with Crippen LogP contribution in [0.5, 0.6) is 0 Å². The van der Waals surface area contributed by atoms with Gasteiger partial charge in [-0.15, -0.1) is 0 Å². The third-order valence-corrected chi connectivity index (χ3v) is 4.82. The molecule has 4 heterocycles. The molecule has 0 unspecified atom stereocenters. The number of amides is 1. The van der Waals surface area contributed by atoms with Gasteiger partial charge in [0.1, 0.15) is 6.33 Å². The molecule has 8 nitrogen and oxygen atoms in total. The van der Waals surface area contributed by atoms with Gasteiger partial charge in [-0.25, -0.2) is 29.4 Å². The first-order chi connectivity index (χ1) is 12.7. The second-order valence-corrected chi connectivity index (χ2v) is 6.44. The topological polar surface area (TPSA) is 84.3 Å². The van der Waals surface area contributed by atoms with Crippen LogP contribution in [0.4, 0.5) is 10.3 Å². The number of hydrogen-bond acceptors (Lipinski definition) is 7. The zero-order valence-corrected chi connectivity index (χ0v) is 14.2. The molecule has 0 spiro atoms. The molecule has 2 aromatic rings. The molecule has 2 fully saturated rings. The van der Waals surface area contributed by atoms with Gasteiger partial charge in [-0.1, -0.05) is 0 Å². The van der Waals surface area contributed by atoms with Crippen LogP contribution in [0.15, 0.2) is 31.1 Å². The van der Waals surface area contributed by atoms with E-state index in [1.807, 2.05) is 4.90 Å². The molecule has 0 aliphatic carbocycles. The maximum atomic E-state index is 13.0. The molecule has 2 aliphatic heterocycles. The van der Waals surface area contributed by atoms with E-state index in [9.17, 15) is 9.18 Å². The smallest absolute Gasteiger partial charge is 0.249 e. The third-order valence-electron chi connectivity index (χ3n) is 4.82. The molecule has 2 aromatic heterocycles. The zero-order chi connectivity index (χ0) is 17.9. The van der Waals surface area contributed by atoms with Crippen molar-refractivity contribution in [2.75, 3.05) is 24.6 Å². The van der Waals surface area contributed by atoms with E-state index in [-0.39, 0.29) is 17.9 Å². The number of rotatable bonds is 3. The number of hydroxylamine groups is 2. The van der Waals surface area contributed by atoms with Crippen molar-refractivity contribution in [3.63, 3.8) is 0 Å².